The smallest absolute Gasteiger partial charge is 0.123 e. The molecule has 21 heavy (non-hydrogen) atoms. The van der Waals surface area contributed by atoms with E-state index in [1.807, 2.05) is 36.4 Å². The molecule has 0 aromatic heterocycles. The van der Waals surface area contributed by atoms with Crippen molar-refractivity contribution >= 4 is 15.9 Å². The van der Waals surface area contributed by atoms with Crippen LogP contribution in [0.25, 0.3) is 0 Å². The Labute approximate surface area is 133 Å². The van der Waals surface area contributed by atoms with Crippen LogP contribution in [0.3, 0.4) is 0 Å². The minimum atomic E-state index is -0.123. The lowest BCUT2D eigenvalue weighted by Gasteiger charge is -2.31. The zero-order valence-corrected chi connectivity index (χ0v) is 13.5. The van der Waals surface area contributed by atoms with Gasteiger partial charge in [0, 0.05) is 22.0 Å². The maximum absolute atomic E-state index is 6.57. The molecule has 2 N–H and O–H groups in total. The molecule has 2 unspecified atom stereocenters. The van der Waals surface area contributed by atoms with E-state index in [-0.39, 0.29) is 12.0 Å². The van der Waals surface area contributed by atoms with Gasteiger partial charge >= 0.3 is 0 Å². The van der Waals surface area contributed by atoms with Gasteiger partial charge in [0.15, 0.2) is 0 Å². The second kappa shape index (κ2) is 6.08. The van der Waals surface area contributed by atoms with Gasteiger partial charge in [-0.2, -0.15) is 0 Å². The largest absolute Gasteiger partial charge is 0.496 e. The number of para-hydroxylation sites is 1. The van der Waals surface area contributed by atoms with Crippen LogP contribution in [0.4, 0.5) is 0 Å². The minimum absolute atomic E-state index is 0.123. The van der Waals surface area contributed by atoms with Gasteiger partial charge in [0.05, 0.1) is 13.7 Å². The van der Waals surface area contributed by atoms with E-state index in [9.17, 15) is 0 Å². The third-order valence-corrected chi connectivity index (χ3v) is 4.48. The van der Waals surface area contributed by atoms with Crippen molar-refractivity contribution in [1.82, 2.24) is 0 Å². The molecule has 2 aromatic rings. The van der Waals surface area contributed by atoms with E-state index < -0.39 is 0 Å². The van der Waals surface area contributed by atoms with Gasteiger partial charge in [-0.1, -0.05) is 34.1 Å². The first-order valence-electron chi connectivity index (χ1n) is 7.01. The first-order chi connectivity index (χ1) is 10.2. The normalized spacial score (nSPS) is 18.5. The fourth-order valence-electron chi connectivity index (χ4n) is 2.93. The molecule has 1 heterocycles. The lowest BCUT2D eigenvalue weighted by Crippen LogP contribution is -2.25. The van der Waals surface area contributed by atoms with E-state index in [1.165, 1.54) is 5.56 Å². The number of nitrogens with two attached hydrogens (primary N) is 1. The van der Waals surface area contributed by atoms with Crippen molar-refractivity contribution in [1.29, 1.82) is 0 Å². The fraction of sp³-hybridized carbons (Fsp3) is 0.294. The second-order valence-electron chi connectivity index (χ2n) is 5.19. The van der Waals surface area contributed by atoms with Gasteiger partial charge in [0.1, 0.15) is 11.5 Å². The molecule has 3 nitrogen and oxygen atoms in total. The predicted octanol–water partition coefficient (Wildman–Crippen LogP) is 4.02. The topological polar surface area (TPSA) is 44.5 Å². The highest BCUT2D eigenvalue weighted by Crippen LogP contribution is 2.42. The van der Waals surface area contributed by atoms with Crippen LogP contribution in [0.2, 0.25) is 0 Å². The molecular weight excluding hydrogens is 330 g/mol. The maximum Gasteiger partial charge on any atom is 0.123 e. The molecule has 110 valence electrons. The Bertz CT molecular complexity index is 644. The van der Waals surface area contributed by atoms with Gasteiger partial charge in [0.25, 0.3) is 0 Å². The third-order valence-electron chi connectivity index (χ3n) is 3.99. The summed E-state index contributed by atoms with van der Waals surface area (Å²) in [6, 6.07) is 14.0. The monoisotopic (exact) mass is 347 g/mol. The number of rotatable bonds is 3. The van der Waals surface area contributed by atoms with E-state index in [1.54, 1.807) is 7.11 Å². The molecule has 2 atom stereocenters. The standard InChI is InChI=1S/C17H18BrNO2/c1-20-15-7-6-11(18)10-14(15)17(19)13-8-9-21-16-5-3-2-4-12(13)16/h2-7,10,13,17H,8-9,19H2,1H3. The molecule has 0 bridgehead atoms. The van der Waals surface area contributed by atoms with Crippen molar-refractivity contribution in [2.24, 2.45) is 5.73 Å². The van der Waals surface area contributed by atoms with Crippen LogP contribution in [0.15, 0.2) is 46.9 Å². The Morgan fingerprint density at radius 2 is 2.10 bits per heavy atom. The van der Waals surface area contributed by atoms with Gasteiger partial charge < -0.3 is 15.2 Å². The van der Waals surface area contributed by atoms with E-state index in [4.69, 9.17) is 15.2 Å². The Kier molecular flexibility index (Phi) is 4.17. The Balaban J connectivity index is 2.00. The Morgan fingerprint density at radius 1 is 1.29 bits per heavy atom. The van der Waals surface area contributed by atoms with Gasteiger partial charge in [-0.3, -0.25) is 0 Å². The fourth-order valence-corrected chi connectivity index (χ4v) is 3.30. The van der Waals surface area contributed by atoms with Crippen LogP contribution in [-0.2, 0) is 0 Å². The first kappa shape index (κ1) is 14.4. The van der Waals surface area contributed by atoms with E-state index in [2.05, 4.69) is 22.0 Å². The highest BCUT2D eigenvalue weighted by Gasteiger charge is 2.29. The van der Waals surface area contributed by atoms with Crippen molar-refractivity contribution in [2.75, 3.05) is 13.7 Å². The molecule has 4 heteroatoms. The third kappa shape index (κ3) is 2.78. The number of benzene rings is 2. The molecule has 0 radical (unpaired) electrons. The molecule has 3 rings (SSSR count). The summed E-state index contributed by atoms with van der Waals surface area (Å²) in [6.07, 6.45) is 0.911. The molecule has 0 spiro atoms. The molecule has 2 aromatic carbocycles. The van der Waals surface area contributed by atoms with Gasteiger partial charge in [0.2, 0.25) is 0 Å². The molecular formula is C17H18BrNO2. The lowest BCUT2D eigenvalue weighted by molar-refractivity contribution is 0.254. The zero-order valence-electron chi connectivity index (χ0n) is 11.9. The summed E-state index contributed by atoms with van der Waals surface area (Å²) in [5.74, 6) is 2.01. The van der Waals surface area contributed by atoms with Crippen LogP contribution in [-0.4, -0.2) is 13.7 Å². The van der Waals surface area contributed by atoms with Crippen LogP contribution < -0.4 is 15.2 Å². The average Bonchev–Trinajstić information content (AvgIpc) is 2.53. The SMILES string of the molecule is COc1ccc(Br)cc1C(N)C1CCOc2ccccc21. The van der Waals surface area contributed by atoms with Crippen molar-refractivity contribution in [3.05, 3.63) is 58.1 Å². The summed E-state index contributed by atoms with van der Waals surface area (Å²) in [7, 11) is 1.68. The van der Waals surface area contributed by atoms with Crippen LogP contribution in [0.1, 0.15) is 29.5 Å². The van der Waals surface area contributed by atoms with Crippen LogP contribution in [0.5, 0.6) is 11.5 Å². The average molecular weight is 348 g/mol. The predicted molar refractivity (Wildman–Crippen MR) is 86.9 cm³/mol. The molecule has 0 saturated carbocycles. The number of methoxy groups -OCH3 is 1. The Morgan fingerprint density at radius 3 is 2.90 bits per heavy atom. The number of ether oxygens (including phenoxy) is 2. The number of halogens is 1. The second-order valence-corrected chi connectivity index (χ2v) is 6.11. The summed E-state index contributed by atoms with van der Waals surface area (Å²) in [4.78, 5) is 0. The van der Waals surface area contributed by atoms with Crippen molar-refractivity contribution in [3.8, 4) is 11.5 Å². The summed E-state index contributed by atoms with van der Waals surface area (Å²) in [5, 5.41) is 0. The van der Waals surface area contributed by atoms with Crippen LogP contribution in [0, 0.1) is 0 Å². The summed E-state index contributed by atoms with van der Waals surface area (Å²) in [5.41, 5.74) is 8.77. The van der Waals surface area contributed by atoms with Crippen molar-refractivity contribution in [3.63, 3.8) is 0 Å². The highest BCUT2D eigenvalue weighted by molar-refractivity contribution is 9.10. The van der Waals surface area contributed by atoms with Gasteiger partial charge in [-0.25, -0.2) is 0 Å². The molecule has 1 aliphatic rings. The molecule has 0 amide bonds. The summed E-state index contributed by atoms with van der Waals surface area (Å²) >= 11 is 3.51. The summed E-state index contributed by atoms with van der Waals surface area (Å²) < 4.78 is 12.2. The molecule has 0 saturated heterocycles. The molecule has 0 aliphatic carbocycles. The molecule has 1 aliphatic heterocycles. The Hall–Kier alpha value is -1.52. The molecule has 0 fully saturated rings. The maximum atomic E-state index is 6.57. The van der Waals surface area contributed by atoms with Gasteiger partial charge in [-0.05, 0) is 36.2 Å². The van der Waals surface area contributed by atoms with E-state index in [0.717, 1.165) is 28.0 Å². The number of fused-ring (bicyclic) bond motifs is 1. The van der Waals surface area contributed by atoms with E-state index in [0.29, 0.717) is 6.61 Å². The summed E-state index contributed by atoms with van der Waals surface area (Å²) in [6.45, 7) is 0.700. The lowest BCUT2D eigenvalue weighted by atomic mass is 9.83. The zero-order chi connectivity index (χ0) is 14.8. The number of hydrogen-bond acceptors (Lipinski definition) is 3. The van der Waals surface area contributed by atoms with Crippen molar-refractivity contribution in [2.45, 2.75) is 18.4 Å². The first-order valence-corrected chi connectivity index (χ1v) is 7.80. The highest BCUT2D eigenvalue weighted by atomic mass is 79.9. The number of hydrogen-bond donors (Lipinski definition) is 1. The minimum Gasteiger partial charge on any atom is -0.496 e. The van der Waals surface area contributed by atoms with Gasteiger partial charge in [-0.15, -0.1) is 0 Å². The van der Waals surface area contributed by atoms with E-state index >= 15 is 0 Å². The quantitative estimate of drug-likeness (QED) is 0.911. The van der Waals surface area contributed by atoms with Crippen LogP contribution >= 0.6 is 15.9 Å². The van der Waals surface area contributed by atoms with Crippen molar-refractivity contribution < 1.29 is 9.47 Å².